The van der Waals surface area contributed by atoms with Gasteiger partial charge in [0.15, 0.2) is 0 Å². The number of carboxylic acid groups (broad SMARTS) is 1. The first kappa shape index (κ1) is 11.3. The summed E-state index contributed by atoms with van der Waals surface area (Å²) in [4.78, 5) is 10.6. The maximum Gasteiger partial charge on any atom is 0.335 e. The molecular weight excluding hydrogens is 205 g/mol. The molecule has 1 aromatic carbocycles. The monoisotopic (exact) mass is 214 g/mol. The van der Waals surface area contributed by atoms with E-state index in [1.54, 1.807) is 12.1 Å². The Morgan fingerprint density at radius 3 is 2.42 bits per heavy atom. The molecule has 0 unspecified atom stereocenters. The summed E-state index contributed by atoms with van der Waals surface area (Å²) < 4.78 is 0. The number of carboxylic acids is 1. The Bertz CT molecular complexity index is 271. The van der Waals surface area contributed by atoms with Gasteiger partial charge >= 0.3 is 5.97 Å². The Kier molecular flexibility index (Phi) is 4.76. The molecule has 0 aliphatic carbocycles. The molecule has 0 spiro atoms. The van der Waals surface area contributed by atoms with Crippen LogP contribution < -0.4 is 0 Å². The van der Waals surface area contributed by atoms with E-state index >= 15 is 0 Å². The number of aromatic carboxylic acids is 1. The van der Waals surface area contributed by atoms with Gasteiger partial charge in [0.1, 0.15) is 0 Å². The molecule has 0 saturated heterocycles. The summed E-state index contributed by atoms with van der Waals surface area (Å²) in [7, 11) is 0. The molecule has 0 aromatic heterocycles. The maximum absolute atomic E-state index is 10.6. The molecule has 0 aliphatic rings. The van der Waals surface area contributed by atoms with Crippen LogP contribution in [0.4, 0.5) is 0 Å². The molecule has 0 saturated carbocycles. The van der Waals surface area contributed by atoms with Gasteiger partial charge in [0.2, 0.25) is 0 Å². The second-order valence-electron chi connectivity index (χ2n) is 2.32. The van der Waals surface area contributed by atoms with Crippen molar-refractivity contribution in [3.05, 3.63) is 35.4 Å². The van der Waals surface area contributed by atoms with E-state index in [2.05, 4.69) is 0 Å². The fraction of sp³-hybridized carbons (Fsp3) is 0.222. The number of carbonyl (C=O) groups is 1. The van der Waals surface area contributed by atoms with Gasteiger partial charge in [-0.1, -0.05) is 25.1 Å². The summed E-state index contributed by atoms with van der Waals surface area (Å²) in [6, 6.07) is 7.05. The Balaban J connectivity index is 0.00000121. The molecule has 1 N–H and O–H groups in total. The van der Waals surface area contributed by atoms with E-state index in [0.29, 0.717) is 5.56 Å². The number of hydrogen-bond donors (Lipinski definition) is 1. The molecule has 0 amide bonds. The van der Waals surface area contributed by atoms with Crippen LogP contribution in [0.15, 0.2) is 24.3 Å². The minimum Gasteiger partial charge on any atom is -0.478 e. The Morgan fingerprint density at radius 1 is 1.42 bits per heavy atom. The van der Waals surface area contributed by atoms with Crippen LogP contribution in [0.5, 0.6) is 0 Å². The molecule has 0 atom stereocenters. The van der Waals surface area contributed by atoms with Crippen LogP contribution in [0, 0.1) is 0 Å². The molecule has 1 rings (SSSR count). The van der Waals surface area contributed by atoms with Crippen LogP contribution in [0.3, 0.4) is 0 Å². The topological polar surface area (TPSA) is 37.3 Å². The smallest absolute Gasteiger partial charge is 0.335 e. The van der Waals surface area contributed by atoms with E-state index in [9.17, 15) is 4.79 Å². The maximum atomic E-state index is 10.6. The van der Waals surface area contributed by atoms with E-state index in [-0.39, 0.29) is 19.5 Å². The van der Waals surface area contributed by atoms with Gasteiger partial charge < -0.3 is 5.11 Å². The van der Waals surface area contributed by atoms with Crippen molar-refractivity contribution in [2.75, 3.05) is 0 Å². The largest absolute Gasteiger partial charge is 0.478 e. The van der Waals surface area contributed by atoms with Gasteiger partial charge in [0, 0.05) is 19.5 Å². The third kappa shape index (κ3) is 2.42. The predicted octanol–water partition coefficient (Wildman–Crippen LogP) is 1.94. The summed E-state index contributed by atoms with van der Waals surface area (Å²) in [5, 5.41) is 8.70. The van der Waals surface area contributed by atoms with Crippen LogP contribution in [0.2, 0.25) is 0 Å². The van der Waals surface area contributed by atoms with E-state index in [1.807, 2.05) is 19.1 Å². The fourth-order valence-corrected chi connectivity index (χ4v) is 1.04. The van der Waals surface area contributed by atoms with Crippen molar-refractivity contribution in [3.8, 4) is 0 Å². The molecule has 3 heteroatoms. The van der Waals surface area contributed by atoms with E-state index in [0.717, 1.165) is 12.0 Å². The van der Waals surface area contributed by atoms with Gasteiger partial charge in [0.05, 0.1) is 5.56 Å². The first-order valence-electron chi connectivity index (χ1n) is 3.57. The van der Waals surface area contributed by atoms with Crippen LogP contribution >= 0.6 is 0 Å². The second kappa shape index (κ2) is 5.05. The molecule has 60 valence electrons. The fourth-order valence-electron chi connectivity index (χ4n) is 1.04. The normalized spacial score (nSPS) is 8.75. The molecule has 2 nitrogen and oxygen atoms in total. The van der Waals surface area contributed by atoms with Crippen molar-refractivity contribution >= 4 is 5.97 Å². The van der Waals surface area contributed by atoms with Gasteiger partial charge in [-0.05, 0) is 18.1 Å². The average molecular weight is 216 g/mol. The van der Waals surface area contributed by atoms with Gasteiger partial charge in [-0.15, -0.1) is 0 Å². The Labute approximate surface area is 84.4 Å². The molecule has 0 fully saturated rings. The molecule has 0 heterocycles. The quantitative estimate of drug-likeness (QED) is 0.766. The summed E-state index contributed by atoms with van der Waals surface area (Å²) in [5.41, 5.74) is 1.30. The van der Waals surface area contributed by atoms with E-state index in [1.165, 1.54) is 0 Å². The van der Waals surface area contributed by atoms with E-state index in [4.69, 9.17) is 5.11 Å². The molecule has 1 aromatic rings. The van der Waals surface area contributed by atoms with Crippen molar-refractivity contribution in [2.45, 2.75) is 13.3 Å². The van der Waals surface area contributed by atoms with Crippen molar-refractivity contribution < 1.29 is 29.4 Å². The van der Waals surface area contributed by atoms with Crippen LogP contribution in [-0.4, -0.2) is 11.1 Å². The van der Waals surface area contributed by atoms with Crippen molar-refractivity contribution in [1.29, 1.82) is 0 Å². The third-order valence-corrected chi connectivity index (χ3v) is 1.63. The van der Waals surface area contributed by atoms with Gasteiger partial charge in [-0.3, -0.25) is 0 Å². The van der Waals surface area contributed by atoms with E-state index < -0.39 is 5.97 Å². The number of aryl methyl sites for hydroxylation is 1. The number of benzene rings is 1. The number of rotatable bonds is 2. The molecule has 0 aliphatic heterocycles. The zero-order valence-corrected chi connectivity index (χ0v) is 10.0. The summed E-state index contributed by atoms with van der Waals surface area (Å²) >= 11 is 0. The summed E-state index contributed by atoms with van der Waals surface area (Å²) in [6.45, 7) is 1.95. The zero-order chi connectivity index (χ0) is 8.27. The molecule has 0 bridgehead atoms. The van der Waals surface area contributed by atoms with Crippen molar-refractivity contribution in [1.82, 2.24) is 0 Å². The first-order valence-corrected chi connectivity index (χ1v) is 3.57. The SMILES string of the molecule is CCc1ccccc1C(=O)O.[Zn]. The van der Waals surface area contributed by atoms with Crippen LogP contribution in [0.25, 0.3) is 0 Å². The van der Waals surface area contributed by atoms with Gasteiger partial charge in [-0.25, -0.2) is 4.79 Å². The molecule has 12 heavy (non-hydrogen) atoms. The zero-order valence-electron chi connectivity index (χ0n) is 7.08. The molecular formula is C9H10O2Zn. The minimum absolute atomic E-state index is 0. The predicted molar refractivity (Wildman–Crippen MR) is 42.8 cm³/mol. The average Bonchev–Trinajstić information content (AvgIpc) is 2.04. The van der Waals surface area contributed by atoms with Crippen molar-refractivity contribution in [2.24, 2.45) is 0 Å². The van der Waals surface area contributed by atoms with Gasteiger partial charge in [-0.2, -0.15) is 0 Å². The first-order chi connectivity index (χ1) is 5.25. The Hall–Kier alpha value is -0.687. The standard InChI is InChI=1S/C9H10O2.Zn/c1-2-7-5-3-4-6-8(7)9(10)11;/h3-6H,2H2,1H3,(H,10,11);. The number of hydrogen-bond acceptors (Lipinski definition) is 1. The van der Waals surface area contributed by atoms with Gasteiger partial charge in [0.25, 0.3) is 0 Å². The molecule has 0 radical (unpaired) electrons. The minimum atomic E-state index is -0.845. The second-order valence-corrected chi connectivity index (χ2v) is 2.32. The summed E-state index contributed by atoms with van der Waals surface area (Å²) in [6.07, 6.45) is 0.766. The third-order valence-electron chi connectivity index (χ3n) is 1.63. The van der Waals surface area contributed by atoms with Crippen LogP contribution in [0.1, 0.15) is 22.8 Å². The Morgan fingerprint density at radius 2 is 2.00 bits per heavy atom. The summed E-state index contributed by atoms with van der Waals surface area (Å²) in [5.74, 6) is -0.845. The van der Waals surface area contributed by atoms with Crippen LogP contribution in [-0.2, 0) is 25.9 Å². The van der Waals surface area contributed by atoms with Crippen molar-refractivity contribution in [3.63, 3.8) is 0 Å².